The van der Waals surface area contributed by atoms with Gasteiger partial charge in [0.1, 0.15) is 12.2 Å². The second-order valence-electron chi connectivity index (χ2n) is 6.80. The van der Waals surface area contributed by atoms with Crippen molar-refractivity contribution < 1.29 is 22.8 Å². The molecular weight excluding hydrogens is 351 g/mol. The molecule has 0 aromatic carbocycles. The van der Waals surface area contributed by atoms with Gasteiger partial charge in [-0.1, -0.05) is 0 Å². The Morgan fingerprint density at radius 2 is 1.96 bits per heavy atom. The molecule has 0 bridgehead atoms. The Morgan fingerprint density at radius 1 is 1.27 bits per heavy atom. The monoisotopic (exact) mass is 373 g/mol. The van der Waals surface area contributed by atoms with Crippen LogP contribution in [-0.2, 0) is 4.79 Å². The van der Waals surface area contributed by atoms with Gasteiger partial charge < -0.3 is 9.80 Å². The van der Waals surface area contributed by atoms with Crippen molar-refractivity contribution in [3.8, 4) is 0 Å². The predicted molar refractivity (Wildman–Crippen MR) is 86.5 cm³/mol. The first-order valence-electron chi connectivity index (χ1n) is 8.65. The minimum absolute atomic E-state index is 0.145. The van der Waals surface area contributed by atoms with Gasteiger partial charge >= 0.3 is 6.18 Å². The zero-order chi connectivity index (χ0) is 18.9. The van der Waals surface area contributed by atoms with Crippen molar-refractivity contribution in [2.75, 3.05) is 39.3 Å². The summed E-state index contributed by atoms with van der Waals surface area (Å²) in [5.41, 5.74) is 1.14. The molecule has 1 atom stereocenters. The Labute approximate surface area is 149 Å². The summed E-state index contributed by atoms with van der Waals surface area (Å²) in [6.45, 7) is 2.53. The van der Waals surface area contributed by atoms with Gasteiger partial charge in [0.05, 0.1) is 6.04 Å². The van der Waals surface area contributed by atoms with Gasteiger partial charge in [0.25, 0.3) is 5.91 Å². The summed E-state index contributed by atoms with van der Waals surface area (Å²) in [6.07, 6.45) is -3.28. The number of aryl methyl sites for hydroxylation is 1. The average Bonchev–Trinajstić information content (AvgIpc) is 3.02. The number of carbonyl (C=O) groups is 2. The van der Waals surface area contributed by atoms with Crippen LogP contribution in [0, 0.1) is 6.92 Å². The van der Waals surface area contributed by atoms with Gasteiger partial charge in [-0.25, -0.2) is 0 Å². The molecule has 7 nitrogen and oxygen atoms in total. The molecule has 0 radical (unpaired) electrons. The zero-order valence-corrected chi connectivity index (χ0v) is 14.6. The molecule has 0 spiro atoms. The van der Waals surface area contributed by atoms with E-state index in [0.717, 1.165) is 10.6 Å². The summed E-state index contributed by atoms with van der Waals surface area (Å²) in [7, 11) is 0. The first-order chi connectivity index (χ1) is 12.2. The second kappa shape index (κ2) is 7.26. The molecule has 2 aliphatic rings. The number of hydrogen-bond acceptors (Lipinski definition) is 4. The normalized spacial score (nSPS) is 22.8. The maximum atomic E-state index is 12.6. The second-order valence-corrected chi connectivity index (χ2v) is 6.80. The molecule has 3 heterocycles. The number of aromatic nitrogens is 2. The fourth-order valence-corrected chi connectivity index (χ4v) is 3.56. The molecule has 10 heteroatoms. The minimum Gasteiger partial charge on any atom is -0.335 e. The summed E-state index contributed by atoms with van der Waals surface area (Å²) in [5, 5.41) is 6.69. The SMILES string of the molecule is Cc1cc(C(=O)N2CCN(C3CCCN(CC(F)(F)F)C3=O)CC2)n[nH]1. The van der Waals surface area contributed by atoms with E-state index < -0.39 is 24.7 Å². The maximum absolute atomic E-state index is 12.6. The van der Waals surface area contributed by atoms with Gasteiger partial charge in [0, 0.05) is 38.4 Å². The summed E-state index contributed by atoms with van der Waals surface area (Å²) >= 11 is 0. The molecule has 3 rings (SSSR count). The van der Waals surface area contributed by atoms with Crippen LogP contribution in [-0.4, -0.2) is 88.2 Å². The highest BCUT2D eigenvalue weighted by molar-refractivity contribution is 5.92. The number of alkyl halides is 3. The number of piperazine rings is 1. The highest BCUT2D eigenvalue weighted by atomic mass is 19.4. The highest BCUT2D eigenvalue weighted by Crippen LogP contribution is 2.24. The number of piperidine rings is 1. The number of aromatic amines is 1. The third-order valence-electron chi connectivity index (χ3n) is 4.84. The molecule has 1 N–H and O–H groups in total. The van der Waals surface area contributed by atoms with E-state index in [2.05, 4.69) is 10.2 Å². The molecular formula is C16H22F3N5O2. The first kappa shape index (κ1) is 18.7. The number of carbonyl (C=O) groups excluding carboxylic acids is 2. The zero-order valence-electron chi connectivity index (χ0n) is 14.6. The standard InChI is InChI=1S/C16H22F3N5O2/c1-11-9-12(21-20-11)14(25)23-7-5-22(6-8-23)13-3-2-4-24(15(13)26)10-16(17,18)19/h9,13H,2-8,10H2,1H3,(H,20,21). The number of likely N-dealkylation sites (tertiary alicyclic amines) is 1. The molecule has 1 aromatic heterocycles. The van der Waals surface area contributed by atoms with Crippen LogP contribution in [0.2, 0.25) is 0 Å². The highest BCUT2D eigenvalue weighted by Gasteiger charge is 2.40. The van der Waals surface area contributed by atoms with Crippen molar-refractivity contribution in [1.82, 2.24) is 24.9 Å². The van der Waals surface area contributed by atoms with E-state index in [-0.39, 0.29) is 12.5 Å². The fourth-order valence-electron chi connectivity index (χ4n) is 3.56. The summed E-state index contributed by atoms with van der Waals surface area (Å²) in [5.74, 6) is -0.640. The van der Waals surface area contributed by atoms with E-state index in [4.69, 9.17) is 0 Å². The fraction of sp³-hybridized carbons (Fsp3) is 0.688. The number of H-pyrrole nitrogens is 1. The lowest BCUT2D eigenvalue weighted by Crippen LogP contribution is -2.59. The van der Waals surface area contributed by atoms with E-state index >= 15 is 0 Å². The number of nitrogens with one attached hydrogen (secondary N) is 1. The van der Waals surface area contributed by atoms with Gasteiger partial charge in [-0.15, -0.1) is 0 Å². The number of hydrogen-bond donors (Lipinski definition) is 1. The van der Waals surface area contributed by atoms with Gasteiger partial charge in [-0.2, -0.15) is 18.3 Å². The molecule has 2 fully saturated rings. The Morgan fingerprint density at radius 3 is 2.54 bits per heavy atom. The molecule has 0 aliphatic carbocycles. The third-order valence-corrected chi connectivity index (χ3v) is 4.84. The first-order valence-corrected chi connectivity index (χ1v) is 8.65. The molecule has 1 unspecified atom stereocenters. The van der Waals surface area contributed by atoms with Crippen LogP contribution in [0.3, 0.4) is 0 Å². The van der Waals surface area contributed by atoms with Crippen molar-refractivity contribution >= 4 is 11.8 Å². The van der Waals surface area contributed by atoms with Gasteiger partial charge in [-0.05, 0) is 25.8 Å². The summed E-state index contributed by atoms with van der Waals surface area (Å²) in [6, 6.07) is 1.14. The molecule has 2 aliphatic heterocycles. The van der Waals surface area contributed by atoms with Crippen LogP contribution >= 0.6 is 0 Å². The van der Waals surface area contributed by atoms with E-state index in [1.807, 2.05) is 11.8 Å². The Balaban J connectivity index is 1.57. The Hall–Kier alpha value is -2.10. The smallest absolute Gasteiger partial charge is 0.335 e. The number of amides is 2. The van der Waals surface area contributed by atoms with Crippen LogP contribution in [0.1, 0.15) is 29.0 Å². The van der Waals surface area contributed by atoms with Crippen LogP contribution in [0.25, 0.3) is 0 Å². The maximum Gasteiger partial charge on any atom is 0.406 e. The lowest BCUT2D eigenvalue weighted by molar-refractivity contribution is -0.168. The molecule has 1 aromatic rings. The van der Waals surface area contributed by atoms with E-state index in [1.54, 1.807) is 11.0 Å². The van der Waals surface area contributed by atoms with Crippen molar-refractivity contribution in [3.63, 3.8) is 0 Å². The van der Waals surface area contributed by atoms with E-state index in [1.165, 1.54) is 0 Å². The van der Waals surface area contributed by atoms with Crippen molar-refractivity contribution in [3.05, 3.63) is 17.5 Å². The topological polar surface area (TPSA) is 72.5 Å². The number of halogens is 3. The van der Waals surface area contributed by atoms with E-state index in [9.17, 15) is 22.8 Å². The van der Waals surface area contributed by atoms with Gasteiger partial charge in [-0.3, -0.25) is 19.6 Å². The quantitative estimate of drug-likeness (QED) is 0.859. The number of rotatable bonds is 3. The lowest BCUT2D eigenvalue weighted by atomic mass is 10.0. The van der Waals surface area contributed by atoms with Crippen molar-refractivity contribution in [2.24, 2.45) is 0 Å². The van der Waals surface area contributed by atoms with Crippen LogP contribution in [0.5, 0.6) is 0 Å². The third kappa shape index (κ3) is 4.17. The van der Waals surface area contributed by atoms with Crippen LogP contribution in [0.15, 0.2) is 6.07 Å². The number of nitrogens with zero attached hydrogens (tertiary/aromatic N) is 4. The van der Waals surface area contributed by atoms with Crippen molar-refractivity contribution in [2.45, 2.75) is 32.0 Å². The lowest BCUT2D eigenvalue weighted by Gasteiger charge is -2.42. The molecule has 0 saturated carbocycles. The Bertz CT molecular complexity index is 667. The average molecular weight is 373 g/mol. The summed E-state index contributed by atoms with van der Waals surface area (Å²) in [4.78, 5) is 29.3. The van der Waals surface area contributed by atoms with E-state index in [0.29, 0.717) is 44.7 Å². The molecule has 144 valence electrons. The minimum atomic E-state index is -4.38. The predicted octanol–water partition coefficient (Wildman–Crippen LogP) is 1.03. The van der Waals surface area contributed by atoms with Crippen LogP contribution in [0.4, 0.5) is 13.2 Å². The molecule has 26 heavy (non-hydrogen) atoms. The van der Waals surface area contributed by atoms with Gasteiger partial charge in [0.15, 0.2) is 0 Å². The Kier molecular flexibility index (Phi) is 5.22. The molecule has 2 amide bonds. The largest absolute Gasteiger partial charge is 0.406 e. The van der Waals surface area contributed by atoms with Crippen LogP contribution < -0.4 is 0 Å². The van der Waals surface area contributed by atoms with Crippen molar-refractivity contribution in [1.29, 1.82) is 0 Å². The van der Waals surface area contributed by atoms with Gasteiger partial charge in [0.2, 0.25) is 5.91 Å². The molecule has 2 saturated heterocycles. The summed E-state index contributed by atoms with van der Waals surface area (Å²) < 4.78 is 37.9.